The van der Waals surface area contributed by atoms with Gasteiger partial charge in [-0.3, -0.25) is 4.79 Å². The molecule has 0 heterocycles. The summed E-state index contributed by atoms with van der Waals surface area (Å²) in [6.45, 7) is 2.43. The molecular formula is C17H27N3O2. The molecule has 0 radical (unpaired) electrons. The fourth-order valence-corrected chi connectivity index (χ4v) is 2.96. The highest BCUT2D eigenvalue weighted by atomic mass is 16.5. The molecule has 22 heavy (non-hydrogen) atoms. The maximum Gasteiger partial charge on any atom is 0.251 e. The number of anilines is 1. The molecule has 0 atom stereocenters. The Hall–Kier alpha value is -1.75. The van der Waals surface area contributed by atoms with Gasteiger partial charge in [0.25, 0.3) is 5.91 Å². The lowest BCUT2D eigenvalue weighted by atomic mass is 9.90. The van der Waals surface area contributed by atoms with Crippen LogP contribution >= 0.6 is 0 Å². The fourth-order valence-electron chi connectivity index (χ4n) is 2.96. The lowest BCUT2D eigenvalue weighted by Gasteiger charge is -2.33. The third-order valence-electron chi connectivity index (χ3n) is 4.34. The zero-order chi connectivity index (χ0) is 16.1. The lowest BCUT2D eigenvalue weighted by molar-refractivity contribution is 0.0915. The molecule has 1 aliphatic rings. The molecule has 1 aromatic rings. The second kappa shape index (κ2) is 7.49. The van der Waals surface area contributed by atoms with E-state index in [0.29, 0.717) is 29.6 Å². The molecule has 0 bridgehead atoms. The van der Waals surface area contributed by atoms with Crippen molar-refractivity contribution in [3.8, 4) is 5.75 Å². The average Bonchev–Trinajstić information content (AvgIpc) is 2.50. The van der Waals surface area contributed by atoms with Gasteiger partial charge in [0, 0.05) is 17.6 Å². The highest BCUT2D eigenvalue weighted by Crippen LogP contribution is 2.24. The van der Waals surface area contributed by atoms with Crippen LogP contribution in [0.5, 0.6) is 5.75 Å². The van der Waals surface area contributed by atoms with Gasteiger partial charge in [0.15, 0.2) is 0 Å². The summed E-state index contributed by atoms with van der Waals surface area (Å²) < 4.78 is 5.45. The Kier molecular flexibility index (Phi) is 5.66. The van der Waals surface area contributed by atoms with Crippen LogP contribution in [-0.2, 0) is 0 Å². The largest absolute Gasteiger partial charge is 0.492 e. The summed E-state index contributed by atoms with van der Waals surface area (Å²) in [6.07, 6.45) is 4.32. The van der Waals surface area contributed by atoms with E-state index < -0.39 is 0 Å². The van der Waals surface area contributed by atoms with Crippen molar-refractivity contribution in [2.24, 2.45) is 0 Å². The predicted octanol–water partition coefficient (Wildman–Crippen LogP) is 2.27. The monoisotopic (exact) mass is 305 g/mol. The summed E-state index contributed by atoms with van der Waals surface area (Å²) in [7, 11) is 4.24. The second-order valence-electron chi connectivity index (χ2n) is 6.13. The summed E-state index contributed by atoms with van der Waals surface area (Å²) in [5.41, 5.74) is 7.01. The number of carbonyl (C=O) groups excluding carboxylic acids is 1. The number of nitrogens with zero attached hydrogens (tertiary/aromatic N) is 1. The van der Waals surface area contributed by atoms with Gasteiger partial charge >= 0.3 is 0 Å². The highest BCUT2D eigenvalue weighted by molar-refractivity contribution is 5.95. The Morgan fingerprint density at radius 2 is 2.00 bits per heavy atom. The Labute approximate surface area is 132 Å². The van der Waals surface area contributed by atoms with Crippen LogP contribution in [0.25, 0.3) is 0 Å². The van der Waals surface area contributed by atoms with Crippen LogP contribution in [0.3, 0.4) is 0 Å². The number of nitrogens with one attached hydrogen (secondary N) is 1. The molecule has 0 spiro atoms. The summed E-state index contributed by atoms with van der Waals surface area (Å²) >= 11 is 0. The molecule has 5 nitrogen and oxygen atoms in total. The van der Waals surface area contributed by atoms with Crippen LogP contribution in [0, 0.1) is 0 Å². The third kappa shape index (κ3) is 4.13. The van der Waals surface area contributed by atoms with Gasteiger partial charge < -0.3 is 20.7 Å². The average molecular weight is 305 g/mol. The zero-order valence-electron chi connectivity index (χ0n) is 13.8. The first kappa shape index (κ1) is 16.6. The van der Waals surface area contributed by atoms with E-state index in [4.69, 9.17) is 10.5 Å². The minimum Gasteiger partial charge on any atom is -0.492 e. The number of nitrogen functional groups attached to an aromatic ring is 1. The maximum absolute atomic E-state index is 12.4. The summed E-state index contributed by atoms with van der Waals surface area (Å²) in [5.74, 6) is 0.528. The first-order chi connectivity index (χ1) is 10.5. The quantitative estimate of drug-likeness (QED) is 0.819. The molecule has 1 amide bonds. The second-order valence-corrected chi connectivity index (χ2v) is 6.13. The molecule has 0 saturated heterocycles. The summed E-state index contributed by atoms with van der Waals surface area (Å²) in [5, 5.41) is 3.13. The van der Waals surface area contributed by atoms with E-state index in [2.05, 4.69) is 24.3 Å². The summed E-state index contributed by atoms with van der Waals surface area (Å²) in [6, 6.07) is 6.09. The minimum absolute atomic E-state index is 0.0470. The van der Waals surface area contributed by atoms with Crippen LogP contribution in [0.4, 0.5) is 5.69 Å². The lowest BCUT2D eigenvalue weighted by Crippen LogP contribution is -2.41. The first-order valence-corrected chi connectivity index (χ1v) is 8.01. The molecule has 2 rings (SSSR count). The Bertz CT molecular complexity index is 509. The molecular weight excluding hydrogens is 278 g/mol. The van der Waals surface area contributed by atoms with Crippen molar-refractivity contribution in [2.45, 2.75) is 44.7 Å². The van der Waals surface area contributed by atoms with Crippen molar-refractivity contribution in [2.75, 3.05) is 26.4 Å². The Balaban J connectivity index is 1.94. The van der Waals surface area contributed by atoms with Gasteiger partial charge in [0.05, 0.1) is 12.3 Å². The van der Waals surface area contributed by atoms with Crippen molar-refractivity contribution in [1.82, 2.24) is 10.2 Å². The van der Waals surface area contributed by atoms with E-state index in [9.17, 15) is 4.79 Å². The van der Waals surface area contributed by atoms with Crippen LogP contribution in [-0.4, -0.2) is 43.6 Å². The van der Waals surface area contributed by atoms with Gasteiger partial charge in [-0.1, -0.05) is 0 Å². The van der Waals surface area contributed by atoms with Gasteiger partial charge in [-0.25, -0.2) is 0 Å². The normalized spacial score (nSPS) is 21.6. The molecule has 3 N–H and O–H groups in total. The predicted molar refractivity (Wildman–Crippen MR) is 89.2 cm³/mol. The van der Waals surface area contributed by atoms with Crippen molar-refractivity contribution < 1.29 is 9.53 Å². The smallest absolute Gasteiger partial charge is 0.251 e. The molecule has 1 fully saturated rings. The molecule has 1 aromatic carbocycles. The molecule has 5 heteroatoms. The number of carbonyl (C=O) groups is 1. The molecule has 0 aliphatic heterocycles. The Morgan fingerprint density at radius 3 is 2.59 bits per heavy atom. The first-order valence-electron chi connectivity index (χ1n) is 8.01. The Morgan fingerprint density at radius 1 is 1.32 bits per heavy atom. The molecule has 0 aromatic heterocycles. The number of ether oxygens (including phenoxy) is 1. The van der Waals surface area contributed by atoms with Crippen LogP contribution < -0.4 is 15.8 Å². The van der Waals surface area contributed by atoms with Gasteiger partial charge in [0.2, 0.25) is 0 Å². The zero-order valence-corrected chi connectivity index (χ0v) is 13.8. The number of amides is 1. The van der Waals surface area contributed by atoms with E-state index in [1.807, 2.05) is 6.92 Å². The molecule has 1 aliphatic carbocycles. The number of rotatable bonds is 5. The van der Waals surface area contributed by atoms with Gasteiger partial charge in [-0.2, -0.15) is 0 Å². The third-order valence-corrected chi connectivity index (χ3v) is 4.34. The van der Waals surface area contributed by atoms with Crippen molar-refractivity contribution in [1.29, 1.82) is 0 Å². The number of hydrogen-bond donors (Lipinski definition) is 2. The van der Waals surface area contributed by atoms with E-state index in [0.717, 1.165) is 25.7 Å². The van der Waals surface area contributed by atoms with Crippen LogP contribution in [0.15, 0.2) is 18.2 Å². The maximum atomic E-state index is 12.4. The minimum atomic E-state index is -0.0470. The van der Waals surface area contributed by atoms with Gasteiger partial charge in [0.1, 0.15) is 5.75 Å². The van der Waals surface area contributed by atoms with E-state index in [1.165, 1.54) is 0 Å². The molecule has 1 saturated carbocycles. The summed E-state index contributed by atoms with van der Waals surface area (Å²) in [4.78, 5) is 14.6. The topological polar surface area (TPSA) is 67.6 Å². The van der Waals surface area contributed by atoms with E-state index in [-0.39, 0.29) is 11.9 Å². The van der Waals surface area contributed by atoms with E-state index >= 15 is 0 Å². The highest BCUT2D eigenvalue weighted by Gasteiger charge is 2.24. The van der Waals surface area contributed by atoms with Crippen LogP contribution in [0.2, 0.25) is 0 Å². The van der Waals surface area contributed by atoms with E-state index in [1.54, 1.807) is 18.2 Å². The SMILES string of the molecule is CCOc1cc(C(=O)N[C@H]2CC[C@H](N(C)C)CC2)ccc1N. The molecule has 0 unspecified atom stereocenters. The van der Waals surface area contributed by atoms with Crippen molar-refractivity contribution in [3.05, 3.63) is 23.8 Å². The molecule has 122 valence electrons. The fraction of sp³-hybridized carbons (Fsp3) is 0.588. The van der Waals surface area contributed by atoms with Gasteiger partial charge in [-0.05, 0) is 64.9 Å². The van der Waals surface area contributed by atoms with Crippen molar-refractivity contribution in [3.63, 3.8) is 0 Å². The number of hydrogen-bond acceptors (Lipinski definition) is 4. The number of benzene rings is 1. The van der Waals surface area contributed by atoms with Crippen LogP contribution in [0.1, 0.15) is 43.0 Å². The van der Waals surface area contributed by atoms with Crippen molar-refractivity contribution >= 4 is 11.6 Å². The van der Waals surface area contributed by atoms with Gasteiger partial charge in [-0.15, -0.1) is 0 Å². The number of nitrogens with two attached hydrogens (primary N) is 1. The standard InChI is InChI=1S/C17H27N3O2/c1-4-22-16-11-12(5-10-15(16)18)17(21)19-13-6-8-14(9-7-13)20(2)3/h5,10-11,13-14H,4,6-9,18H2,1-3H3,(H,19,21)/t13-,14-.